The number of furan rings is 2. The van der Waals surface area contributed by atoms with E-state index < -0.39 is 5.60 Å². The molecule has 2 heterocycles. The Hall–Kier alpha value is -2.50. The van der Waals surface area contributed by atoms with E-state index in [1.54, 1.807) is 42.5 Å². The molecule has 0 fully saturated rings. The van der Waals surface area contributed by atoms with Crippen LogP contribution in [0.5, 0.6) is 0 Å². The summed E-state index contributed by atoms with van der Waals surface area (Å²) < 4.78 is 10.3. The van der Waals surface area contributed by atoms with Crippen molar-refractivity contribution in [1.29, 1.82) is 0 Å². The summed E-state index contributed by atoms with van der Waals surface area (Å²) in [5, 5.41) is 14.0. The summed E-state index contributed by atoms with van der Waals surface area (Å²) in [4.78, 5) is 12.3. The van der Waals surface area contributed by atoms with Crippen LogP contribution in [0.25, 0.3) is 0 Å². The molecule has 0 radical (unpaired) electrons. The fraction of sp³-hybridized carbons (Fsp3) is 0.118. The molecule has 0 aliphatic heterocycles. The second-order valence-corrected chi connectivity index (χ2v) is 5.42. The van der Waals surface area contributed by atoms with Crippen molar-refractivity contribution in [2.24, 2.45) is 0 Å². The zero-order valence-electron chi connectivity index (χ0n) is 12.0. The average molecular weight is 332 g/mol. The molecule has 0 spiro atoms. The SMILES string of the molecule is O=C(NC[C@@](O)(c1ccoc1)c1ccco1)c1ccccc1Cl. The van der Waals surface area contributed by atoms with Gasteiger partial charge in [0.2, 0.25) is 0 Å². The molecule has 2 N–H and O–H groups in total. The lowest BCUT2D eigenvalue weighted by molar-refractivity contribution is 0.0520. The molecule has 0 aliphatic rings. The second-order valence-electron chi connectivity index (χ2n) is 5.01. The molecule has 1 aromatic carbocycles. The Kier molecular flexibility index (Phi) is 4.23. The fourth-order valence-corrected chi connectivity index (χ4v) is 2.52. The predicted molar refractivity (Wildman–Crippen MR) is 84.2 cm³/mol. The van der Waals surface area contributed by atoms with Crippen LogP contribution in [0.2, 0.25) is 5.02 Å². The Morgan fingerprint density at radius 1 is 1.17 bits per heavy atom. The molecular formula is C17H14ClNO4. The molecule has 6 heteroatoms. The van der Waals surface area contributed by atoms with E-state index in [9.17, 15) is 9.90 Å². The van der Waals surface area contributed by atoms with Gasteiger partial charge in [-0.15, -0.1) is 0 Å². The first-order valence-electron chi connectivity index (χ1n) is 6.93. The molecular weight excluding hydrogens is 318 g/mol. The molecule has 3 aromatic rings. The first kappa shape index (κ1) is 15.4. The largest absolute Gasteiger partial charge is 0.472 e. The van der Waals surface area contributed by atoms with Crippen molar-refractivity contribution < 1.29 is 18.7 Å². The maximum absolute atomic E-state index is 12.3. The number of aliphatic hydroxyl groups is 1. The summed E-state index contributed by atoms with van der Waals surface area (Å²) in [6, 6.07) is 11.6. The molecule has 3 rings (SSSR count). The van der Waals surface area contributed by atoms with Gasteiger partial charge < -0.3 is 19.3 Å². The monoisotopic (exact) mass is 331 g/mol. The third-order valence-corrected chi connectivity index (χ3v) is 3.88. The molecule has 5 nitrogen and oxygen atoms in total. The van der Waals surface area contributed by atoms with E-state index in [1.807, 2.05) is 0 Å². The van der Waals surface area contributed by atoms with Crippen molar-refractivity contribution in [1.82, 2.24) is 5.32 Å². The zero-order valence-corrected chi connectivity index (χ0v) is 12.8. The standard InChI is InChI=1S/C17H14ClNO4/c18-14-5-2-1-4-13(14)16(20)19-11-17(21,12-7-9-22-10-12)15-6-3-8-23-15/h1-10,21H,11H2,(H,19,20)/t17-/m1/s1. The molecule has 1 amide bonds. The number of carbonyl (C=O) groups is 1. The van der Waals surface area contributed by atoms with Gasteiger partial charge in [0, 0.05) is 5.56 Å². The zero-order chi connectivity index (χ0) is 16.3. The molecule has 1 atom stereocenters. The van der Waals surface area contributed by atoms with Gasteiger partial charge in [-0.2, -0.15) is 0 Å². The molecule has 118 valence electrons. The lowest BCUT2D eigenvalue weighted by Gasteiger charge is -2.25. The van der Waals surface area contributed by atoms with Crippen LogP contribution in [0.15, 0.2) is 70.1 Å². The summed E-state index contributed by atoms with van der Waals surface area (Å²) in [6.07, 6.45) is 4.31. The third kappa shape index (κ3) is 3.02. The maximum atomic E-state index is 12.3. The van der Waals surface area contributed by atoms with E-state index in [4.69, 9.17) is 20.4 Å². The minimum Gasteiger partial charge on any atom is -0.472 e. The number of carbonyl (C=O) groups excluding carboxylic acids is 1. The summed E-state index contributed by atoms with van der Waals surface area (Å²) in [5.41, 5.74) is -0.719. The number of benzene rings is 1. The summed E-state index contributed by atoms with van der Waals surface area (Å²) in [7, 11) is 0. The highest BCUT2D eigenvalue weighted by molar-refractivity contribution is 6.33. The van der Waals surface area contributed by atoms with Crippen LogP contribution >= 0.6 is 11.6 Å². The third-order valence-electron chi connectivity index (χ3n) is 3.55. The second kappa shape index (κ2) is 6.32. The number of hydrogen-bond acceptors (Lipinski definition) is 4. The van der Waals surface area contributed by atoms with Gasteiger partial charge in [-0.25, -0.2) is 0 Å². The van der Waals surface area contributed by atoms with Crippen LogP contribution in [-0.2, 0) is 5.60 Å². The quantitative estimate of drug-likeness (QED) is 0.753. The Labute approximate surface area is 137 Å². The van der Waals surface area contributed by atoms with Gasteiger partial charge in [-0.1, -0.05) is 23.7 Å². The van der Waals surface area contributed by atoms with Gasteiger partial charge in [0.15, 0.2) is 5.60 Å². The summed E-state index contributed by atoms with van der Waals surface area (Å²) in [5.74, 6) is -0.0811. The number of hydrogen-bond donors (Lipinski definition) is 2. The molecule has 23 heavy (non-hydrogen) atoms. The average Bonchev–Trinajstić information content (AvgIpc) is 3.25. The highest BCUT2D eigenvalue weighted by Gasteiger charge is 2.36. The lowest BCUT2D eigenvalue weighted by Crippen LogP contribution is -2.41. The molecule has 0 saturated heterocycles. The van der Waals surface area contributed by atoms with Crippen molar-refractivity contribution in [2.75, 3.05) is 6.54 Å². The molecule has 0 saturated carbocycles. The minimum atomic E-state index is -1.53. The van der Waals surface area contributed by atoms with Crippen molar-refractivity contribution in [3.63, 3.8) is 0 Å². The lowest BCUT2D eigenvalue weighted by atomic mass is 9.93. The van der Waals surface area contributed by atoms with Crippen LogP contribution in [0.3, 0.4) is 0 Å². The van der Waals surface area contributed by atoms with Gasteiger partial charge in [-0.05, 0) is 30.3 Å². The summed E-state index contributed by atoms with van der Waals surface area (Å²) >= 11 is 6.01. The van der Waals surface area contributed by atoms with Gasteiger partial charge in [0.25, 0.3) is 5.91 Å². The molecule has 0 aliphatic carbocycles. The number of nitrogens with one attached hydrogen (secondary N) is 1. The number of amides is 1. The van der Waals surface area contributed by atoms with Gasteiger partial charge in [0.05, 0.1) is 35.9 Å². The fourth-order valence-electron chi connectivity index (χ4n) is 2.29. The topological polar surface area (TPSA) is 75.6 Å². The highest BCUT2D eigenvalue weighted by atomic mass is 35.5. The van der Waals surface area contributed by atoms with E-state index >= 15 is 0 Å². The van der Waals surface area contributed by atoms with E-state index in [1.165, 1.54) is 18.8 Å². The smallest absolute Gasteiger partial charge is 0.252 e. The molecule has 2 aromatic heterocycles. The van der Waals surface area contributed by atoms with E-state index in [0.717, 1.165) is 0 Å². The van der Waals surface area contributed by atoms with E-state index in [2.05, 4.69) is 5.32 Å². The predicted octanol–water partition coefficient (Wildman–Crippen LogP) is 3.19. The Bertz CT molecular complexity index is 747. The van der Waals surface area contributed by atoms with E-state index in [-0.39, 0.29) is 12.5 Å². The van der Waals surface area contributed by atoms with Crippen molar-refractivity contribution >= 4 is 17.5 Å². The van der Waals surface area contributed by atoms with Gasteiger partial charge in [-0.3, -0.25) is 4.79 Å². The summed E-state index contributed by atoms with van der Waals surface area (Å²) in [6.45, 7) is -0.0932. The minimum absolute atomic E-state index is 0.0932. The van der Waals surface area contributed by atoms with Crippen LogP contribution in [0.1, 0.15) is 21.7 Å². The Morgan fingerprint density at radius 3 is 2.65 bits per heavy atom. The van der Waals surface area contributed by atoms with Crippen LogP contribution < -0.4 is 5.32 Å². The van der Waals surface area contributed by atoms with Gasteiger partial charge >= 0.3 is 0 Å². The van der Waals surface area contributed by atoms with Crippen LogP contribution in [-0.4, -0.2) is 17.6 Å². The van der Waals surface area contributed by atoms with Crippen molar-refractivity contribution in [3.05, 3.63) is 83.2 Å². The highest BCUT2D eigenvalue weighted by Crippen LogP contribution is 2.30. The van der Waals surface area contributed by atoms with Crippen molar-refractivity contribution in [2.45, 2.75) is 5.60 Å². The first-order valence-corrected chi connectivity index (χ1v) is 7.31. The first-order chi connectivity index (χ1) is 11.1. The Balaban J connectivity index is 1.84. The van der Waals surface area contributed by atoms with Crippen LogP contribution in [0.4, 0.5) is 0 Å². The molecule has 0 bridgehead atoms. The number of rotatable bonds is 5. The van der Waals surface area contributed by atoms with E-state index in [0.29, 0.717) is 21.9 Å². The van der Waals surface area contributed by atoms with Gasteiger partial charge in [0.1, 0.15) is 5.76 Å². The number of halogens is 1. The Morgan fingerprint density at radius 2 is 2.00 bits per heavy atom. The van der Waals surface area contributed by atoms with Crippen LogP contribution in [0, 0.1) is 0 Å². The van der Waals surface area contributed by atoms with Crippen molar-refractivity contribution in [3.8, 4) is 0 Å². The maximum Gasteiger partial charge on any atom is 0.252 e. The molecule has 0 unspecified atom stereocenters. The normalized spacial score (nSPS) is 13.5.